The van der Waals surface area contributed by atoms with Crippen LogP contribution in [0, 0.1) is 25.7 Å². The van der Waals surface area contributed by atoms with E-state index in [1.54, 1.807) is 14.2 Å². The number of benzene rings is 2. The largest absolute Gasteiger partial charge is 0.497 e. The molecular formula is C25H31N3O3. The van der Waals surface area contributed by atoms with Gasteiger partial charge in [-0.25, -0.2) is 0 Å². The van der Waals surface area contributed by atoms with Gasteiger partial charge in [0.15, 0.2) is 0 Å². The summed E-state index contributed by atoms with van der Waals surface area (Å²) in [6.45, 7) is 6.86. The molecule has 2 fully saturated rings. The number of aryl methyl sites for hydroxylation is 2. The number of hydrogen-bond acceptors (Lipinski definition) is 4. The molecule has 3 atom stereocenters. The lowest BCUT2D eigenvalue weighted by molar-refractivity contribution is -0.121. The van der Waals surface area contributed by atoms with Crippen LogP contribution in [0.15, 0.2) is 42.5 Å². The molecule has 0 unspecified atom stereocenters. The molecule has 6 heteroatoms. The van der Waals surface area contributed by atoms with Gasteiger partial charge in [-0.05, 0) is 60.7 Å². The molecule has 0 aliphatic carbocycles. The summed E-state index contributed by atoms with van der Waals surface area (Å²) in [6, 6.07) is 14.0. The van der Waals surface area contributed by atoms with Crippen LogP contribution in [-0.2, 0) is 4.79 Å². The fourth-order valence-corrected chi connectivity index (χ4v) is 5.03. The van der Waals surface area contributed by atoms with Crippen molar-refractivity contribution in [3.63, 3.8) is 0 Å². The molecule has 0 radical (unpaired) electrons. The predicted molar refractivity (Wildman–Crippen MR) is 120 cm³/mol. The van der Waals surface area contributed by atoms with Crippen molar-refractivity contribution in [2.45, 2.75) is 19.9 Å². The summed E-state index contributed by atoms with van der Waals surface area (Å²) in [7, 11) is 3.33. The molecule has 31 heavy (non-hydrogen) atoms. The van der Waals surface area contributed by atoms with E-state index >= 15 is 0 Å². The van der Waals surface area contributed by atoms with Gasteiger partial charge in [-0.3, -0.25) is 14.5 Å². The topological polar surface area (TPSA) is 61.9 Å². The first-order valence-electron chi connectivity index (χ1n) is 10.9. The summed E-state index contributed by atoms with van der Waals surface area (Å²) in [5, 5.41) is 2.71. The summed E-state index contributed by atoms with van der Waals surface area (Å²) in [5.41, 5.74) is 4.17. The van der Waals surface area contributed by atoms with Crippen molar-refractivity contribution in [2.75, 3.05) is 40.3 Å². The van der Waals surface area contributed by atoms with E-state index in [2.05, 4.69) is 29.3 Å². The van der Waals surface area contributed by atoms with Crippen LogP contribution in [0.2, 0.25) is 0 Å². The third-order valence-corrected chi connectivity index (χ3v) is 6.86. The lowest BCUT2D eigenvalue weighted by atomic mass is 9.89. The van der Waals surface area contributed by atoms with Gasteiger partial charge in [0, 0.05) is 38.2 Å². The first-order chi connectivity index (χ1) is 14.9. The van der Waals surface area contributed by atoms with E-state index < -0.39 is 0 Å². The highest BCUT2D eigenvalue weighted by molar-refractivity contribution is 5.95. The van der Waals surface area contributed by atoms with E-state index in [1.807, 2.05) is 42.2 Å². The molecule has 0 saturated carbocycles. The summed E-state index contributed by atoms with van der Waals surface area (Å²) in [4.78, 5) is 29.7. The van der Waals surface area contributed by atoms with E-state index in [0.717, 1.165) is 35.5 Å². The van der Waals surface area contributed by atoms with Gasteiger partial charge in [0.05, 0.1) is 19.7 Å². The van der Waals surface area contributed by atoms with Gasteiger partial charge in [0.1, 0.15) is 5.75 Å². The van der Waals surface area contributed by atoms with Crippen molar-refractivity contribution >= 4 is 11.8 Å². The van der Waals surface area contributed by atoms with Crippen LogP contribution in [0.3, 0.4) is 0 Å². The number of nitrogens with zero attached hydrogens (tertiary/aromatic N) is 2. The number of likely N-dealkylation sites (N-methyl/N-ethyl adjacent to an activating group) is 1. The van der Waals surface area contributed by atoms with E-state index in [9.17, 15) is 9.59 Å². The van der Waals surface area contributed by atoms with Crippen LogP contribution in [0.5, 0.6) is 5.75 Å². The minimum Gasteiger partial charge on any atom is -0.497 e. The second-order valence-corrected chi connectivity index (χ2v) is 8.77. The number of rotatable bonds is 5. The number of carbonyl (C=O) groups is 2. The number of fused-ring (bicyclic) bond motifs is 1. The molecule has 0 aromatic heterocycles. The predicted octanol–water partition coefficient (Wildman–Crippen LogP) is 2.80. The number of carbonyl (C=O) groups excluding carboxylic acids is 2. The minimum atomic E-state index is -0.0142. The second kappa shape index (κ2) is 8.71. The highest BCUT2D eigenvalue weighted by Crippen LogP contribution is 2.45. The van der Waals surface area contributed by atoms with Crippen molar-refractivity contribution in [1.29, 1.82) is 0 Å². The number of nitrogens with one attached hydrogen (secondary N) is 1. The second-order valence-electron chi connectivity index (χ2n) is 8.77. The van der Waals surface area contributed by atoms with E-state index in [0.29, 0.717) is 24.9 Å². The normalized spacial score (nSPS) is 23.0. The molecule has 4 rings (SSSR count). The van der Waals surface area contributed by atoms with Gasteiger partial charge in [0.2, 0.25) is 5.91 Å². The van der Waals surface area contributed by atoms with Gasteiger partial charge in [-0.1, -0.05) is 18.2 Å². The van der Waals surface area contributed by atoms with Crippen molar-refractivity contribution < 1.29 is 14.3 Å². The maximum atomic E-state index is 13.6. The average Bonchev–Trinajstić information content (AvgIpc) is 3.32. The Bertz CT molecular complexity index is 972. The molecule has 2 amide bonds. The third-order valence-electron chi connectivity index (χ3n) is 6.86. The molecule has 6 nitrogen and oxygen atoms in total. The average molecular weight is 422 g/mol. The fraction of sp³-hybridized carbons (Fsp3) is 0.440. The molecule has 2 aromatic rings. The van der Waals surface area contributed by atoms with Gasteiger partial charge in [0.25, 0.3) is 5.91 Å². The SMILES string of the molecule is CNC(=O)CN1C[C@H]2CN(C(=O)c3ccc(C)c(C)c3)[C@@H](c3ccc(OC)cc3)[C@H]2C1. The summed E-state index contributed by atoms with van der Waals surface area (Å²) in [5.74, 6) is 1.57. The van der Waals surface area contributed by atoms with E-state index in [4.69, 9.17) is 4.74 Å². The monoisotopic (exact) mass is 421 g/mol. The summed E-state index contributed by atoms with van der Waals surface area (Å²) < 4.78 is 5.33. The molecule has 2 heterocycles. The Morgan fingerprint density at radius 1 is 1.03 bits per heavy atom. The molecular weight excluding hydrogens is 390 g/mol. The third kappa shape index (κ3) is 4.17. The molecule has 2 saturated heterocycles. The highest BCUT2D eigenvalue weighted by Gasteiger charge is 2.49. The molecule has 2 aliphatic rings. The van der Waals surface area contributed by atoms with E-state index in [-0.39, 0.29) is 17.9 Å². The van der Waals surface area contributed by atoms with Crippen molar-refractivity contribution in [3.05, 3.63) is 64.7 Å². The van der Waals surface area contributed by atoms with E-state index in [1.165, 1.54) is 5.56 Å². The Balaban J connectivity index is 1.64. The standard InChI is InChI=1S/C25H31N3O3/c1-16-5-6-19(11-17(16)2)25(30)28-13-20-12-27(15-23(29)26-3)14-22(20)24(28)18-7-9-21(31-4)10-8-18/h5-11,20,22,24H,12-15H2,1-4H3,(H,26,29)/t20-,22-,24-/m0/s1. The Kier molecular flexibility index (Phi) is 6.01. The van der Waals surface area contributed by atoms with Crippen LogP contribution in [0.4, 0.5) is 0 Å². The maximum Gasteiger partial charge on any atom is 0.254 e. The quantitative estimate of drug-likeness (QED) is 0.807. The van der Waals surface area contributed by atoms with Gasteiger partial charge < -0.3 is 15.0 Å². The Morgan fingerprint density at radius 2 is 1.77 bits per heavy atom. The van der Waals surface area contributed by atoms with Crippen molar-refractivity contribution in [1.82, 2.24) is 15.1 Å². The van der Waals surface area contributed by atoms with Crippen molar-refractivity contribution in [3.8, 4) is 5.75 Å². The molecule has 2 aromatic carbocycles. The first kappa shape index (κ1) is 21.4. The molecule has 164 valence electrons. The Hall–Kier alpha value is -2.86. The molecule has 0 spiro atoms. The lowest BCUT2D eigenvalue weighted by Gasteiger charge is -2.30. The Labute approximate surface area is 184 Å². The summed E-state index contributed by atoms with van der Waals surface area (Å²) >= 11 is 0. The first-order valence-corrected chi connectivity index (χ1v) is 10.9. The summed E-state index contributed by atoms with van der Waals surface area (Å²) in [6.07, 6.45) is 0. The zero-order valence-electron chi connectivity index (χ0n) is 18.7. The number of hydrogen-bond donors (Lipinski definition) is 1. The van der Waals surface area contributed by atoms with Gasteiger partial charge in [-0.15, -0.1) is 0 Å². The Morgan fingerprint density at radius 3 is 2.42 bits per heavy atom. The van der Waals surface area contributed by atoms with Gasteiger partial charge in [-0.2, -0.15) is 0 Å². The zero-order valence-corrected chi connectivity index (χ0v) is 18.7. The lowest BCUT2D eigenvalue weighted by Crippen LogP contribution is -2.38. The van der Waals surface area contributed by atoms with Crippen molar-refractivity contribution in [2.24, 2.45) is 11.8 Å². The fourth-order valence-electron chi connectivity index (χ4n) is 5.03. The number of ether oxygens (including phenoxy) is 1. The molecule has 2 aliphatic heterocycles. The maximum absolute atomic E-state index is 13.6. The number of amides is 2. The van der Waals surface area contributed by atoms with Gasteiger partial charge >= 0.3 is 0 Å². The molecule has 1 N–H and O–H groups in total. The van der Waals surface area contributed by atoms with Crippen LogP contribution in [0.1, 0.15) is 33.1 Å². The van der Waals surface area contributed by atoms with Crippen LogP contribution in [-0.4, -0.2) is 62.0 Å². The molecule has 0 bridgehead atoms. The smallest absolute Gasteiger partial charge is 0.254 e. The zero-order chi connectivity index (χ0) is 22.1. The minimum absolute atomic E-state index is 0.0142. The van der Waals surface area contributed by atoms with Crippen LogP contribution in [0.25, 0.3) is 0 Å². The highest BCUT2D eigenvalue weighted by atomic mass is 16.5. The van der Waals surface area contributed by atoms with Crippen LogP contribution >= 0.6 is 0 Å². The number of likely N-dealkylation sites (tertiary alicyclic amines) is 2. The van der Waals surface area contributed by atoms with Crippen LogP contribution < -0.4 is 10.1 Å². The number of methoxy groups -OCH3 is 1.